The van der Waals surface area contributed by atoms with E-state index in [1.165, 1.54) is 24.3 Å². The number of ether oxygens (including phenoxy) is 1. The zero-order valence-electron chi connectivity index (χ0n) is 15.6. The maximum absolute atomic E-state index is 12.6. The monoisotopic (exact) mass is 375 g/mol. The van der Waals surface area contributed by atoms with Crippen LogP contribution in [0.15, 0.2) is 30.4 Å². The zero-order valence-corrected chi connectivity index (χ0v) is 15.6. The topological polar surface area (TPSA) is 107 Å². The number of fused-ring (bicyclic) bond motifs is 1. The minimum atomic E-state index is -1.53. The summed E-state index contributed by atoms with van der Waals surface area (Å²) in [5.41, 5.74) is 1.11. The Labute approximate surface area is 158 Å². The lowest BCUT2D eigenvalue weighted by molar-refractivity contribution is -0.127. The third-order valence-electron chi connectivity index (χ3n) is 4.24. The van der Waals surface area contributed by atoms with Gasteiger partial charge in [-0.05, 0) is 31.1 Å². The Kier molecular flexibility index (Phi) is 6.76. The lowest BCUT2D eigenvalue weighted by atomic mass is 10.0. The number of phenols is 1. The Morgan fingerprint density at radius 2 is 1.74 bits per heavy atom. The number of carbonyl (C=O) groups is 2. The minimum Gasteiger partial charge on any atom is -0.507 e. The van der Waals surface area contributed by atoms with Gasteiger partial charge in [0.25, 0.3) is 0 Å². The fraction of sp³-hybridized carbons (Fsp3) is 0.400. The molecule has 0 aromatic heterocycles. The number of benzene rings is 1. The van der Waals surface area contributed by atoms with E-state index in [2.05, 4.69) is 0 Å². The van der Waals surface area contributed by atoms with Gasteiger partial charge in [0, 0.05) is 32.3 Å². The molecule has 0 fully saturated rings. The Balaban J connectivity index is 2.48. The normalized spacial score (nSPS) is 26.5. The Bertz CT molecular complexity index is 768. The van der Waals surface area contributed by atoms with Crippen LogP contribution in [0, 0.1) is 0 Å². The summed E-state index contributed by atoms with van der Waals surface area (Å²) in [6, 6.07) is 3.18. The van der Waals surface area contributed by atoms with Gasteiger partial charge in [-0.2, -0.15) is 0 Å². The van der Waals surface area contributed by atoms with E-state index in [-0.39, 0.29) is 24.2 Å². The summed E-state index contributed by atoms with van der Waals surface area (Å²) in [6.07, 6.45) is 2.63. The molecule has 146 valence electrons. The van der Waals surface area contributed by atoms with Gasteiger partial charge in [0.05, 0.1) is 6.10 Å². The maximum atomic E-state index is 12.6. The summed E-state index contributed by atoms with van der Waals surface area (Å²) in [7, 11) is 3.60. The van der Waals surface area contributed by atoms with Crippen molar-refractivity contribution in [1.82, 2.24) is 0 Å². The van der Waals surface area contributed by atoms with Gasteiger partial charge in [-0.25, -0.2) is 4.79 Å². The molecule has 0 spiro atoms. The second-order valence-corrected chi connectivity index (χ2v) is 6.73. The van der Waals surface area contributed by atoms with Crippen LogP contribution in [-0.2, 0) is 9.53 Å². The second-order valence-electron chi connectivity index (χ2n) is 6.73. The van der Waals surface area contributed by atoms with Gasteiger partial charge in [0.2, 0.25) is 0 Å². The first kappa shape index (κ1) is 20.7. The summed E-state index contributed by atoms with van der Waals surface area (Å²) in [6.45, 7) is 1.66. The number of aliphatic hydroxyl groups is 2. The van der Waals surface area contributed by atoms with Gasteiger partial charge in [-0.15, -0.1) is 0 Å². The van der Waals surface area contributed by atoms with Crippen molar-refractivity contribution in [1.29, 1.82) is 0 Å². The number of hydrogen-bond acceptors (Lipinski definition) is 7. The molecule has 3 N–H and O–H groups in total. The highest BCUT2D eigenvalue weighted by molar-refractivity contribution is 5.97. The third-order valence-corrected chi connectivity index (χ3v) is 4.24. The fourth-order valence-corrected chi connectivity index (χ4v) is 2.66. The van der Waals surface area contributed by atoms with Gasteiger partial charge in [-0.1, -0.05) is 18.2 Å². The minimum absolute atomic E-state index is 0.00140. The van der Waals surface area contributed by atoms with Crippen LogP contribution >= 0.6 is 0 Å². The Hall–Kier alpha value is -2.64. The molecule has 3 atom stereocenters. The molecule has 0 saturated heterocycles. The molecule has 7 heteroatoms. The molecule has 2 unspecified atom stereocenters. The molecule has 1 aliphatic rings. The Morgan fingerprint density at radius 3 is 2.41 bits per heavy atom. The molecule has 0 saturated carbocycles. The molecule has 7 nitrogen and oxygen atoms in total. The van der Waals surface area contributed by atoms with Crippen LogP contribution in [0.3, 0.4) is 0 Å². The molecule has 0 amide bonds. The van der Waals surface area contributed by atoms with Crippen LogP contribution in [0.5, 0.6) is 5.75 Å². The van der Waals surface area contributed by atoms with Crippen LogP contribution in [0.25, 0.3) is 6.08 Å². The number of cyclic esters (lactones) is 1. The highest BCUT2D eigenvalue weighted by atomic mass is 16.5. The van der Waals surface area contributed by atoms with Crippen LogP contribution in [0.1, 0.15) is 35.7 Å². The van der Waals surface area contributed by atoms with Gasteiger partial charge < -0.3 is 25.0 Å². The van der Waals surface area contributed by atoms with E-state index in [9.17, 15) is 24.9 Å². The number of ketones is 1. The summed E-state index contributed by atoms with van der Waals surface area (Å²) in [4.78, 5) is 26.2. The zero-order chi connectivity index (χ0) is 20.1. The largest absolute Gasteiger partial charge is 0.507 e. The van der Waals surface area contributed by atoms with E-state index in [1.807, 2.05) is 0 Å². The van der Waals surface area contributed by atoms with E-state index < -0.39 is 30.1 Å². The van der Waals surface area contributed by atoms with Crippen molar-refractivity contribution in [3.8, 4) is 5.75 Å². The predicted molar refractivity (Wildman–Crippen MR) is 102 cm³/mol. The number of anilines is 1. The van der Waals surface area contributed by atoms with Crippen molar-refractivity contribution >= 4 is 23.5 Å². The van der Waals surface area contributed by atoms with E-state index >= 15 is 0 Å². The molecule has 0 radical (unpaired) electrons. The third kappa shape index (κ3) is 5.18. The van der Waals surface area contributed by atoms with Crippen molar-refractivity contribution in [2.75, 3.05) is 19.0 Å². The molecular weight excluding hydrogens is 350 g/mol. The first-order chi connectivity index (χ1) is 12.7. The number of phenolic OH excluding ortho intramolecular Hbond substituents is 1. The maximum Gasteiger partial charge on any atom is 0.342 e. The van der Waals surface area contributed by atoms with Gasteiger partial charge in [0.1, 0.15) is 23.5 Å². The van der Waals surface area contributed by atoms with Crippen LogP contribution in [-0.4, -0.2) is 59.5 Å². The van der Waals surface area contributed by atoms with Crippen molar-refractivity contribution in [2.24, 2.45) is 0 Å². The van der Waals surface area contributed by atoms with Gasteiger partial charge >= 0.3 is 5.97 Å². The number of aromatic hydroxyl groups is 1. The lowest BCUT2D eigenvalue weighted by Gasteiger charge is -2.18. The average Bonchev–Trinajstić information content (AvgIpc) is 2.59. The number of carbonyl (C=O) groups excluding carboxylic acids is 2. The van der Waals surface area contributed by atoms with E-state index in [4.69, 9.17) is 4.74 Å². The van der Waals surface area contributed by atoms with E-state index in [1.54, 1.807) is 38.1 Å². The van der Waals surface area contributed by atoms with Crippen LogP contribution in [0.2, 0.25) is 0 Å². The molecule has 2 rings (SSSR count). The SMILES string of the molecule is CC1C/C=C\C(=O)C(O)[C@@H](O)C/C=C/c2cc(N(C)C)cc(O)c2C(=O)O1. The number of aliphatic hydroxyl groups excluding tert-OH is 2. The highest BCUT2D eigenvalue weighted by Gasteiger charge is 2.23. The lowest BCUT2D eigenvalue weighted by Crippen LogP contribution is -2.32. The molecule has 27 heavy (non-hydrogen) atoms. The second kappa shape index (κ2) is 8.83. The molecule has 1 heterocycles. The standard InChI is InChI=1S/C20H25NO6/c1-12-6-4-8-15(22)19(25)16(23)9-5-7-13-10-14(21(2)3)11-17(24)18(13)20(26)27-12/h4-5,7-8,10-12,16,19,23-25H,6,9H2,1-3H3/b7-5+,8-4-/t12?,16-,19?/m0/s1. The number of hydrogen-bond donors (Lipinski definition) is 3. The molecule has 0 bridgehead atoms. The number of nitrogens with zero attached hydrogens (tertiary/aromatic N) is 1. The number of esters is 1. The van der Waals surface area contributed by atoms with E-state index in [0.29, 0.717) is 11.3 Å². The highest BCUT2D eigenvalue weighted by Crippen LogP contribution is 2.30. The quantitative estimate of drug-likeness (QED) is 0.641. The first-order valence-electron chi connectivity index (χ1n) is 8.69. The van der Waals surface area contributed by atoms with Gasteiger partial charge in [0.15, 0.2) is 5.78 Å². The average molecular weight is 375 g/mol. The smallest absolute Gasteiger partial charge is 0.342 e. The molecule has 0 aliphatic carbocycles. The number of rotatable bonds is 1. The predicted octanol–water partition coefficient (Wildman–Crippen LogP) is 1.66. The van der Waals surface area contributed by atoms with Crippen molar-refractivity contribution in [3.05, 3.63) is 41.5 Å². The van der Waals surface area contributed by atoms with E-state index in [0.717, 1.165) is 0 Å². The fourth-order valence-electron chi connectivity index (χ4n) is 2.66. The molecule has 1 aromatic carbocycles. The summed E-state index contributed by atoms with van der Waals surface area (Å²) >= 11 is 0. The molecule has 1 aliphatic heterocycles. The van der Waals surface area contributed by atoms with Crippen LogP contribution < -0.4 is 4.90 Å². The van der Waals surface area contributed by atoms with Crippen LogP contribution in [0.4, 0.5) is 5.69 Å². The molecular formula is C20H25NO6. The van der Waals surface area contributed by atoms with Crippen molar-refractivity contribution < 1.29 is 29.6 Å². The van der Waals surface area contributed by atoms with Crippen molar-refractivity contribution in [3.63, 3.8) is 0 Å². The molecule has 1 aromatic rings. The summed E-state index contributed by atoms with van der Waals surface area (Å²) in [5.74, 6) is -1.50. The Morgan fingerprint density at radius 1 is 1.07 bits per heavy atom. The first-order valence-corrected chi connectivity index (χ1v) is 8.69. The summed E-state index contributed by atoms with van der Waals surface area (Å²) < 4.78 is 5.37. The van der Waals surface area contributed by atoms with Crippen molar-refractivity contribution in [2.45, 2.75) is 38.1 Å². The summed E-state index contributed by atoms with van der Waals surface area (Å²) in [5, 5.41) is 30.3. The van der Waals surface area contributed by atoms with Gasteiger partial charge in [-0.3, -0.25) is 4.79 Å².